The van der Waals surface area contributed by atoms with E-state index in [1.54, 1.807) is 34.8 Å². The van der Waals surface area contributed by atoms with Crippen LogP contribution in [0, 0.1) is 11.8 Å². The third-order valence-corrected chi connectivity index (χ3v) is 15.9. The summed E-state index contributed by atoms with van der Waals surface area (Å²) in [6.45, 7) is 10.7. The molecular formula is C48H64F3N7O8S2. The average molecular weight is 988 g/mol. The van der Waals surface area contributed by atoms with Crippen molar-refractivity contribution in [2.24, 2.45) is 11.8 Å². The molecule has 8 atom stereocenters. The standard InChI is InChI=1S/C48H64F3N7O8S2/c1-8-29(5)40(54-43(61)37-16-12-13-21-57(37)6)45(62)58(7)38(28(3)4)22-39(66-9-2)44-53-36(26-67-44)42(60)55-47-23-34(32-14-10-11-15-33(32)35(47)24-47)41(59)56-68(64,65)27-31-19-17-30(18-20-31)25-52-46(63)48(49,50)51/h10-11,14-15,17-20,26,28-29,34-35,37-40H,8-9,12-13,16,21-25,27H2,1-7H3,(H,52,63)(H,54,61)(H,55,60)(H,56,59)/t29-,34+,35?,37+,38+,39+,40-,47?/m0/s1. The number of fused-ring (bicyclic) bond motifs is 3. The zero-order valence-corrected chi connectivity index (χ0v) is 41.3. The summed E-state index contributed by atoms with van der Waals surface area (Å²) in [7, 11) is -0.548. The second-order valence-corrected chi connectivity index (χ2v) is 21.5. The quantitative estimate of drug-likeness (QED) is 0.103. The lowest BCUT2D eigenvalue weighted by atomic mass is 9.79. The summed E-state index contributed by atoms with van der Waals surface area (Å²) in [4.78, 5) is 75.5. The number of nitrogens with zero attached hydrogens (tertiary/aromatic N) is 3. The molecule has 6 rings (SSSR count). The van der Waals surface area contributed by atoms with Crippen molar-refractivity contribution in [1.29, 1.82) is 0 Å². The van der Waals surface area contributed by atoms with Crippen molar-refractivity contribution in [2.45, 2.75) is 140 Å². The first-order valence-electron chi connectivity index (χ1n) is 23.3. The topological polar surface area (TPSA) is 196 Å². The normalized spacial score (nSPS) is 22.1. The van der Waals surface area contributed by atoms with Gasteiger partial charge in [-0.05, 0) is 80.3 Å². The van der Waals surface area contributed by atoms with Crippen LogP contribution in [-0.2, 0) is 46.2 Å². The first kappa shape index (κ1) is 52.5. The lowest BCUT2D eigenvalue weighted by Crippen LogP contribution is -2.58. The van der Waals surface area contributed by atoms with Gasteiger partial charge in [-0.2, -0.15) is 13.2 Å². The maximum Gasteiger partial charge on any atom is 0.471 e. The van der Waals surface area contributed by atoms with Gasteiger partial charge in [0.15, 0.2) is 0 Å². The van der Waals surface area contributed by atoms with E-state index < -0.39 is 69.8 Å². The zero-order valence-electron chi connectivity index (χ0n) is 39.7. The fourth-order valence-electron chi connectivity index (χ4n) is 9.59. The summed E-state index contributed by atoms with van der Waals surface area (Å²) >= 11 is 1.27. The Morgan fingerprint density at radius 1 is 0.971 bits per heavy atom. The van der Waals surface area contributed by atoms with Crippen LogP contribution in [0.2, 0.25) is 0 Å². The van der Waals surface area contributed by atoms with Gasteiger partial charge in [-0.1, -0.05) is 89.1 Å². The van der Waals surface area contributed by atoms with Crippen LogP contribution in [0.4, 0.5) is 13.2 Å². The van der Waals surface area contributed by atoms with Crippen molar-refractivity contribution in [3.05, 3.63) is 86.9 Å². The highest BCUT2D eigenvalue weighted by molar-refractivity contribution is 7.89. The predicted molar refractivity (Wildman–Crippen MR) is 251 cm³/mol. The van der Waals surface area contributed by atoms with Crippen LogP contribution in [-0.4, -0.2) is 110 Å². The van der Waals surface area contributed by atoms with E-state index in [9.17, 15) is 45.6 Å². The SMILES string of the molecule is CCO[C@H](C[C@H](C(C)C)N(C)C(=O)[C@@H](NC(=O)[C@H]1CCCCN1C)[C@@H](C)CC)c1nc(C(=O)NC23CC2c2ccccc2[C@H](C(=O)NS(=O)(=O)Cc2ccc(CNC(=O)C(F)(F)F)cc2)C3)cs1. The zero-order chi connectivity index (χ0) is 49.7. The van der Waals surface area contributed by atoms with E-state index in [-0.39, 0.29) is 59.3 Å². The van der Waals surface area contributed by atoms with Crippen LogP contribution in [0.3, 0.4) is 0 Å². The van der Waals surface area contributed by atoms with Gasteiger partial charge >= 0.3 is 12.1 Å². The Balaban J connectivity index is 1.11. The van der Waals surface area contributed by atoms with Gasteiger partial charge in [0.2, 0.25) is 27.7 Å². The fourth-order valence-corrected chi connectivity index (χ4v) is 11.6. The Labute approximate surface area is 400 Å². The molecule has 2 aromatic carbocycles. The van der Waals surface area contributed by atoms with Crippen LogP contribution < -0.4 is 20.7 Å². The molecule has 68 heavy (non-hydrogen) atoms. The number of benzene rings is 2. The predicted octanol–water partition coefficient (Wildman–Crippen LogP) is 6.08. The largest absolute Gasteiger partial charge is 0.471 e. The molecule has 2 fully saturated rings. The summed E-state index contributed by atoms with van der Waals surface area (Å²) in [5.41, 5.74) is 1.37. The molecule has 2 unspecified atom stereocenters. The van der Waals surface area contributed by atoms with Crippen LogP contribution in [0.1, 0.15) is 135 Å². The monoisotopic (exact) mass is 987 g/mol. The second kappa shape index (κ2) is 21.8. The molecule has 1 aromatic heterocycles. The third-order valence-electron chi connectivity index (χ3n) is 13.7. The van der Waals surface area contributed by atoms with Gasteiger partial charge in [0.05, 0.1) is 17.7 Å². The van der Waals surface area contributed by atoms with Crippen LogP contribution in [0.5, 0.6) is 0 Å². The number of likely N-dealkylation sites (tertiary alicyclic amines) is 1. The Morgan fingerprint density at radius 3 is 2.28 bits per heavy atom. The molecule has 0 bridgehead atoms. The minimum absolute atomic E-state index is 0.00173. The van der Waals surface area contributed by atoms with Gasteiger partial charge in [-0.15, -0.1) is 11.3 Å². The molecule has 3 aromatic rings. The van der Waals surface area contributed by atoms with Gasteiger partial charge in [0, 0.05) is 49.5 Å². The molecular weight excluding hydrogens is 924 g/mol. The van der Waals surface area contributed by atoms with Crippen molar-refractivity contribution in [2.75, 3.05) is 27.2 Å². The lowest BCUT2D eigenvalue weighted by molar-refractivity contribution is -0.173. The van der Waals surface area contributed by atoms with Crippen molar-refractivity contribution in [3.8, 4) is 0 Å². The average Bonchev–Trinajstić information content (AvgIpc) is 3.79. The van der Waals surface area contributed by atoms with E-state index in [2.05, 4.69) is 15.4 Å². The maximum absolute atomic E-state index is 14.3. The van der Waals surface area contributed by atoms with Gasteiger partial charge in [0.25, 0.3) is 5.91 Å². The molecule has 0 spiro atoms. The molecule has 0 radical (unpaired) electrons. The van der Waals surface area contributed by atoms with E-state index in [0.29, 0.717) is 42.0 Å². The molecule has 1 saturated carbocycles. The molecule has 1 aliphatic heterocycles. The summed E-state index contributed by atoms with van der Waals surface area (Å²) in [5, 5.41) is 10.2. The molecule has 20 heteroatoms. The highest BCUT2D eigenvalue weighted by atomic mass is 32.2. The molecule has 372 valence electrons. The minimum atomic E-state index is -5.04. The summed E-state index contributed by atoms with van der Waals surface area (Å²) < 4.78 is 72.8. The van der Waals surface area contributed by atoms with E-state index in [1.165, 1.54) is 35.6 Å². The summed E-state index contributed by atoms with van der Waals surface area (Å²) in [6.07, 6.45) is -1.14. The molecule has 15 nitrogen and oxygen atoms in total. The number of aromatic nitrogens is 1. The number of likely N-dealkylation sites (N-methyl/N-ethyl adjacent to an activating group) is 2. The number of ether oxygens (including phenoxy) is 1. The summed E-state index contributed by atoms with van der Waals surface area (Å²) in [5.74, 6) is -5.39. The second-order valence-electron chi connectivity index (χ2n) is 18.9. The molecule has 5 amide bonds. The summed E-state index contributed by atoms with van der Waals surface area (Å²) in [6, 6.07) is 11.5. The first-order chi connectivity index (χ1) is 32.1. The highest BCUT2D eigenvalue weighted by Gasteiger charge is 2.61. The molecule has 1 saturated heterocycles. The van der Waals surface area contributed by atoms with E-state index >= 15 is 0 Å². The third kappa shape index (κ3) is 12.4. The number of halogens is 3. The van der Waals surface area contributed by atoms with Gasteiger partial charge < -0.3 is 25.6 Å². The number of sulfonamides is 1. The molecule has 2 heterocycles. The number of thiazole rings is 1. The van der Waals surface area contributed by atoms with Gasteiger partial charge in [-0.3, -0.25) is 33.6 Å². The molecule has 3 aliphatic rings. The fraction of sp³-hybridized carbons (Fsp3) is 0.583. The van der Waals surface area contributed by atoms with Crippen molar-refractivity contribution in [1.82, 2.24) is 35.5 Å². The minimum Gasteiger partial charge on any atom is -0.371 e. The number of amides is 5. The van der Waals surface area contributed by atoms with Crippen LogP contribution in [0.25, 0.3) is 0 Å². The first-order valence-corrected chi connectivity index (χ1v) is 25.8. The van der Waals surface area contributed by atoms with Crippen molar-refractivity contribution < 1.29 is 50.3 Å². The lowest BCUT2D eigenvalue weighted by Gasteiger charge is -2.38. The number of carbonyl (C=O) groups is 5. The Bertz CT molecular complexity index is 2420. The van der Waals surface area contributed by atoms with Gasteiger partial charge in [0.1, 0.15) is 22.8 Å². The maximum atomic E-state index is 14.3. The van der Waals surface area contributed by atoms with Crippen LogP contribution >= 0.6 is 11.3 Å². The number of rotatable bonds is 20. The van der Waals surface area contributed by atoms with Gasteiger partial charge in [-0.25, -0.2) is 13.4 Å². The van der Waals surface area contributed by atoms with E-state index in [0.717, 1.165) is 31.4 Å². The Hall–Kier alpha value is -4.92. The number of carbonyl (C=O) groups excluding carboxylic acids is 5. The molecule has 4 N–H and O–H groups in total. The van der Waals surface area contributed by atoms with Crippen molar-refractivity contribution >= 4 is 50.9 Å². The molecule has 2 aliphatic carbocycles. The number of piperidine rings is 1. The smallest absolute Gasteiger partial charge is 0.371 e. The number of hydrogen-bond donors (Lipinski definition) is 4. The van der Waals surface area contributed by atoms with Crippen molar-refractivity contribution in [3.63, 3.8) is 0 Å². The highest BCUT2D eigenvalue weighted by Crippen LogP contribution is 2.61. The number of nitrogens with one attached hydrogen (secondary N) is 4. The Kier molecular flexibility index (Phi) is 16.8. The number of alkyl halides is 3. The van der Waals surface area contributed by atoms with E-state index in [1.807, 2.05) is 58.7 Å². The number of hydrogen-bond acceptors (Lipinski definition) is 11. The van der Waals surface area contributed by atoms with E-state index in [4.69, 9.17) is 9.72 Å². The van der Waals surface area contributed by atoms with Crippen LogP contribution in [0.15, 0.2) is 53.9 Å². The Morgan fingerprint density at radius 2 is 1.65 bits per heavy atom.